The number of hydrogen-bond donors (Lipinski definition) is 1. The van der Waals surface area contributed by atoms with Crippen molar-refractivity contribution in [3.63, 3.8) is 0 Å². The van der Waals surface area contributed by atoms with Crippen LogP contribution >= 0.6 is 0 Å². The Morgan fingerprint density at radius 3 is 2.34 bits per heavy atom. The number of benzene rings is 1. The van der Waals surface area contributed by atoms with Crippen molar-refractivity contribution in [3.05, 3.63) is 72.1 Å². The highest BCUT2D eigenvalue weighted by atomic mass is 19.3. The maximum atomic E-state index is 15.4. The van der Waals surface area contributed by atoms with Crippen molar-refractivity contribution < 1.29 is 27.8 Å². The van der Waals surface area contributed by atoms with E-state index in [1.165, 1.54) is 4.90 Å². The zero-order valence-electron chi connectivity index (χ0n) is 29.5. The molecule has 1 aliphatic heterocycles. The molecule has 50 heavy (non-hydrogen) atoms. The number of nitrogens with one attached hydrogen (secondary N) is 1. The number of pyridine rings is 1. The average Bonchev–Trinajstić information content (AvgIpc) is 3.79. The maximum absolute atomic E-state index is 15.4. The topological polar surface area (TPSA) is 114 Å². The van der Waals surface area contributed by atoms with Gasteiger partial charge in [-0.25, -0.2) is 23.4 Å². The van der Waals surface area contributed by atoms with Crippen LogP contribution in [-0.4, -0.2) is 73.4 Å². The molecule has 0 bridgehead atoms. The van der Waals surface area contributed by atoms with Crippen molar-refractivity contribution >= 4 is 29.5 Å². The molecule has 1 aromatic carbocycles. The van der Waals surface area contributed by atoms with Crippen LogP contribution < -0.4 is 10.2 Å². The largest absolute Gasteiger partial charge is 0.444 e. The van der Waals surface area contributed by atoms with Crippen LogP contribution in [0.25, 0.3) is 16.9 Å². The molecule has 1 aliphatic carbocycles. The van der Waals surface area contributed by atoms with Gasteiger partial charge in [0, 0.05) is 42.4 Å². The van der Waals surface area contributed by atoms with Gasteiger partial charge in [0.2, 0.25) is 0 Å². The Labute approximate surface area is 291 Å². The number of hydrogen-bond acceptors (Lipinski definition) is 8. The predicted molar refractivity (Wildman–Crippen MR) is 186 cm³/mol. The first-order valence-electron chi connectivity index (χ1n) is 17.1. The van der Waals surface area contributed by atoms with E-state index in [2.05, 4.69) is 15.4 Å². The van der Waals surface area contributed by atoms with Crippen molar-refractivity contribution in [3.8, 4) is 11.3 Å². The van der Waals surface area contributed by atoms with Gasteiger partial charge < -0.3 is 19.7 Å². The van der Waals surface area contributed by atoms with E-state index in [4.69, 9.17) is 14.5 Å². The van der Waals surface area contributed by atoms with Crippen LogP contribution in [0.1, 0.15) is 77.8 Å². The van der Waals surface area contributed by atoms with Gasteiger partial charge in [0.25, 0.3) is 5.92 Å². The highest BCUT2D eigenvalue weighted by Crippen LogP contribution is 2.42. The summed E-state index contributed by atoms with van der Waals surface area (Å²) in [6.07, 6.45) is 4.24. The minimum absolute atomic E-state index is 0.0763. The predicted octanol–water partition coefficient (Wildman–Crippen LogP) is 7.91. The van der Waals surface area contributed by atoms with Crippen molar-refractivity contribution in [2.45, 2.75) is 90.4 Å². The van der Waals surface area contributed by atoms with E-state index in [1.807, 2.05) is 42.5 Å². The monoisotopic (exact) mass is 689 g/mol. The Morgan fingerprint density at radius 1 is 1.00 bits per heavy atom. The molecule has 0 radical (unpaired) electrons. The number of rotatable bonds is 8. The number of fused-ring (bicyclic) bond motifs is 1. The molecule has 13 heteroatoms. The molecule has 11 nitrogen and oxygen atoms in total. The van der Waals surface area contributed by atoms with Gasteiger partial charge in [-0.2, -0.15) is 9.61 Å². The van der Waals surface area contributed by atoms with Crippen LogP contribution in [0.5, 0.6) is 0 Å². The van der Waals surface area contributed by atoms with Gasteiger partial charge >= 0.3 is 12.2 Å². The van der Waals surface area contributed by atoms with Crippen molar-refractivity contribution in [1.82, 2.24) is 24.5 Å². The van der Waals surface area contributed by atoms with Crippen molar-refractivity contribution in [2.24, 2.45) is 5.92 Å². The van der Waals surface area contributed by atoms with Gasteiger partial charge in [-0.1, -0.05) is 30.3 Å². The summed E-state index contributed by atoms with van der Waals surface area (Å²) in [5.74, 6) is -3.21. The third-order valence-corrected chi connectivity index (χ3v) is 8.57. The number of carbonyl (C=O) groups excluding carboxylic acids is 2. The lowest BCUT2D eigenvalue weighted by atomic mass is 9.93. The summed E-state index contributed by atoms with van der Waals surface area (Å²) in [5.41, 5.74) is 2.53. The summed E-state index contributed by atoms with van der Waals surface area (Å²) < 4.78 is 43.7. The molecule has 3 aromatic heterocycles. The quantitative estimate of drug-likeness (QED) is 0.199. The third kappa shape index (κ3) is 8.31. The number of ether oxygens (including phenoxy) is 2. The first-order valence-corrected chi connectivity index (χ1v) is 17.1. The highest BCUT2D eigenvalue weighted by Gasteiger charge is 2.46. The molecule has 2 aliphatic rings. The summed E-state index contributed by atoms with van der Waals surface area (Å²) >= 11 is 0. The van der Waals surface area contributed by atoms with Gasteiger partial charge in [0.1, 0.15) is 22.8 Å². The Morgan fingerprint density at radius 2 is 1.72 bits per heavy atom. The number of halogens is 2. The van der Waals surface area contributed by atoms with Gasteiger partial charge in [0.05, 0.1) is 25.0 Å². The summed E-state index contributed by atoms with van der Waals surface area (Å²) in [6.45, 7) is 9.99. The van der Waals surface area contributed by atoms with Crippen LogP contribution in [0, 0.1) is 5.92 Å². The number of likely N-dealkylation sites (tertiary alicyclic amines) is 1. The molecule has 4 heterocycles. The van der Waals surface area contributed by atoms with E-state index in [-0.39, 0.29) is 26.1 Å². The van der Waals surface area contributed by atoms with Gasteiger partial charge in [-0.05, 0) is 84.4 Å². The minimum Gasteiger partial charge on any atom is -0.444 e. The lowest BCUT2D eigenvalue weighted by Crippen LogP contribution is -2.53. The van der Waals surface area contributed by atoms with Gasteiger partial charge in [-0.3, -0.25) is 9.88 Å². The summed E-state index contributed by atoms with van der Waals surface area (Å²) in [4.78, 5) is 38.2. The van der Waals surface area contributed by atoms with Gasteiger partial charge in [0.15, 0.2) is 5.65 Å². The zero-order chi connectivity index (χ0) is 35.8. The Bertz CT molecular complexity index is 1830. The second kappa shape index (κ2) is 13.5. The second-order valence-corrected chi connectivity index (χ2v) is 15.1. The summed E-state index contributed by atoms with van der Waals surface area (Å²) in [7, 11) is 0. The minimum atomic E-state index is -3.16. The van der Waals surface area contributed by atoms with Crippen LogP contribution in [-0.2, 0) is 16.0 Å². The van der Waals surface area contributed by atoms with E-state index in [9.17, 15) is 9.59 Å². The number of carbonyl (C=O) groups is 2. The smallest absolute Gasteiger partial charge is 0.416 e. The fourth-order valence-corrected chi connectivity index (χ4v) is 5.93. The summed E-state index contributed by atoms with van der Waals surface area (Å²) in [5, 5.41) is 7.78. The normalized spacial score (nSPS) is 17.8. The number of nitrogens with zero attached hydrogens (tertiary/aromatic N) is 6. The van der Waals surface area contributed by atoms with Crippen molar-refractivity contribution in [1.29, 1.82) is 0 Å². The van der Waals surface area contributed by atoms with E-state index in [0.29, 0.717) is 23.2 Å². The molecule has 2 fully saturated rings. The first kappa shape index (κ1) is 35.0. The third-order valence-electron chi connectivity index (χ3n) is 8.57. The number of anilines is 2. The Kier molecular flexibility index (Phi) is 9.45. The molecule has 1 saturated carbocycles. The zero-order valence-corrected chi connectivity index (χ0v) is 29.5. The molecule has 1 unspecified atom stereocenters. The number of aromatic nitrogens is 4. The van der Waals surface area contributed by atoms with E-state index in [1.54, 1.807) is 64.5 Å². The van der Waals surface area contributed by atoms with Gasteiger partial charge in [-0.15, -0.1) is 0 Å². The Hall–Kier alpha value is -4.81. The van der Waals surface area contributed by atoms with Crippen LogP contribution in [0.2, 0.25) is 0 Å². The number of alkyl halides is 2. The SMILES string of the molecule is CC(C)(C)OC(=O)N1CCC(CNc2cc(N(Cc3ccc(-c4ccccn4)cc3)C(=O)OC(C)(C)C)n3ncc(C4CC4)c3n2)C(F)(F)C1. The molecule has 2 amide bonds. The highest BCUT2D eigenvalue weighted by molar-refractivity contribution is 5.88. The van der Waals surface area contributed by atoms with Crippen LogP contribution in [0.15, 0.2) is 60.9 Å². The number of amides is 2. The van der Waals surface area contributed by atoms with E-state index in [0.717, 1.165) is 40.1 Å². The molecular weight excluding hydrogens is 644 g/mol. The molecule has 1 atom stereocenters. The van der Waals surface area contributed by atoms with E-state index >= 15 is 8.78 Å². The summed E-state index contributed by atoms with van der Waals surface area (Å²) in [6, 6.07) is 15.1. The molecule has 0 spiro atoms. The lowest BCUT2D eigenvalue weighted by molar-refractivity contribution is -0.106. The average molecular weight is 690 g/mol. The standard InChI is InChI=1S/C37H45F2N7O4/c1-35(2,3)49-33(47)44-18-16-27(37(38,39)23-44)20-41-30-19-31(46-32(43-30)28(21-42-46)25-14-15-25)45(34(48)50-36(4,5)6)22-24-10-12-26(13-11-24)29-9-7-8-17-40-29/h7-13,17,19,21,25,27H,14-16,18,20,22-23H2,1-6H3,(H,41,43). The second-order valence-electron chi connectivity index (χ2n) is 15.1. The van der Waals surface area contributed by atoms with Crippen LogP contribution in [0.4, 0.5) is 30.0 Å². The lowest BCUT2D eigenvalue weighted by Gasteiger charge is -2.38. The Balaban J connectivity index is 1.29. The molecule has 266 valence electrons. The fraction of sp³-hybridized carbons (Fsp3) is 0.486. The molecular formula is C37H45F2N7O4. The van der Waals surface area contributed by atoms with E-state index < -0.39 is 41.8 Å². The molecule has 4 aromatic rings. The molecule has 6 rings (SSSR count). The maximum Gasteiger partial charge on any atom is 0.416 e. The molecule has 1 saturated heterocycles. The van der Waals surface area contributed by atoms with Crippen LogP contribution in [0.3, 0.4) is 0 Å². The fourth-order valence-electron chi connectivity index (χ4n) is 5.93. The van der Waals surface area contributed by atoms with Crippen molar-refractivity contribution in [2.75, 3.05) is 29.9 Å². The molecule has 1 N–H and O–H groups in total. The number of piperidine rings is 1. The first-order chi connectivity index (χ1) is 23.6.